The summed E-state index contributed by atoms with van der Waals surface area (Å²) in [7, 11) is 0. The summed E-state index contributed by atoms with van der Waals surface area (Å²) in [6.07, 6.45) is 1.69. The molecule has 2 amide bonds. The number of amides is 2. The summed E-state index contributed by atoms with van der Waals surface area (Å²) in [5, 5.41) is 1.13. The van der Waals surface area contributed by atoms with E-state index in [0.717, 1.165) is 28.5 Å². The van der Waals surface area contributed by atoms with Gasteiger partial charge in [-0.2, -0.15) is 0 Å². The molecule has 8 heteroatoms. The first kappa shape index (κ1) is 22.7. The Hall–Kier alpha value is -2.44. The molecule has 4 nitrogen and oxygen atoms in total. The van der Waals surface area contributed by atoms with E-state index < -0.39 is 0 Å². The van der Waals surface area contributed by atoms with E-state index in [4.69, 9.17) is 39.5 Å². The van der Waals surface area contributed by atoms with Gasteiger partial charge in [-0.1, -0.05) is 71.2 Å². The minimum Gasteiger partial charge on any atom is -0.489 e. The van der Waals surface area contributed by atoms with Crippen molar-refractivity contribution in [2.75, 3.05) is 0 Å². The molecular formula is C24H16Cl3NO3S. The van der Waals surface area contributed by atoms with E-state index in [2.05, 4.69) is 0 Å². The third-order valence-corrected chi connectivity index (χ3v) is 6.74. The Kier molecular flexibility index (Phi) is 7.11. The van der Waals surface area contributed by atoms with Gasteiger partial charge in [0.2, 0.25) is 0 Å². The van der Waals surface area contributed by atoms with E-state index in [1.54, 1.807) is 24.3 Å². The zero-order valence-corrected chi connectivity index (χ0v) is 19.6. The molecule has 0 atom stereocenters. The van der Waals surface area contributed by atoms with Gasteiger partial charge in [0.1, 0.15) is 12.4 Å². The van der Waals surface area contributed by atoms with Crippen LogP contribution in [-0.4, -0.2) is 16.0 Å². The van der Waals surface area contributed by atoms with Crippen LogP contribution in [0.5, 0.6) is 5.75 Å². The maximum Gasteiger partial charge on any atom is 0.293 e. The molecule has 1 aliphatic rings. The average Bonchev–Trinajstić information content (AvgIpc) is 3.04. The van der Waals surface area contributed by atoms with Crippen molar-refractivity contribution in [2.45, 2.75) is 13.2 Å². The lowest BCUT2D eigenvalue weighted by molar-refractivity contribution is -0.123. The lowest BCUT2D eigenvalue weighted by atomic mass is 10.2. The molecule has 32 heavy (non-hydrogen) atoms. The third-order valence-electron chi connectivity index (χ3n) is 4.73. The largest absolute Gasteiger partial charge is 0.489 e. The molecule has 0 radical (unpaired) electrons. The molecule has 0 bridgehead atoms. The van der Waals surface area contributed by atoms with Crippen LogP contribution in [0.3, 0.4) is 0 Å². The fraction of sp³-hybridized carbons (Fsp3) is 0.0833. The SMILES string of the molecule is O=C1S/C(=C\c2ccc(OCc3ccccc3Cl)cc2)C(=O)N1Cc1ccc(Cl)c(Cl)c1. The second-order valence-corrected chi connectivity index (χ2v) is 9.18. The number of imide groups is 1. The van der Waals surface area contributed by atoms with Crippen LogP contribution in [0.15, 0.2) is 71.6 Å². The van der Waals surface area contributed by atoms with E-state index in [0.29, 0.717) is 32.3 Å². The van der Waals surface area contributed by atoms with Gasteiger partial charge in [-0.3, -0.25) is 14.5 Å². The number of carbonyl (C=O) groups excluding carboxylic acids is 2. The monoisotopic (exact) mass is 503 g/mol. The van der Waals surface area contributed by atoms with Gasteiger partial charge >= 0.3 is 0 Å². The maximum absolute atomic E-state index is 12.8. The second kappa shape index (κ2) is 10.0. The normalized spacial score (nSPS) is 15.0. The highest BCUT2D eigenvalue weighted by Crippen LogP contribution is 2.34. The Morgan fingerprint density at radius 2 is 1.62 bits per heavy atom. The number of nitrogens with zero attached hydrogens (tertiary/aromatic N) is 1. The molecule has 1 saturated heterocycles. The van der Waals surface area contributed by atoms with Crippen LogP contribution in [0, 0.1) is 0 Å². The lowest BCUT2D eigenvalue weighted by Gasteiger charge is -2.13. The smallest absolute Gasteiger partial charge is 0.293 e. The summed E-state index contributed by atoms with van der Waals surface area (Å²) in [4.78, 5) is 26.7. The minimum atomic E-state index is -0.342. The molecule has 3 aromatic rings. The molecular weight excluding hydrogens is 489 g/mol. The van der Waals surface area contributed by atoms with Crippen molar-refractivity contribution >= 4 is 63.8 Å². The number of halogens is 3. The molecule has 1 heterocycles. The van der Waals surface area contributed by atoms with Gasteiger partial charge in [0.15, 0.2) is 0 Å². The molecule has 0 saturated carbocycles. The Bertz CT molecular complexity index is 1210. The Balaban J connectivity index is 1.42. The van der Waals surface area contributed by atoms with Crippen LogP contribution < -0.4 is 4.74 Å². The second-order valence-electron chi connectivity index (χ2n) is 6.97. The molecule has 3 aromatic carbocycles. The van der Waals surface area contributed by atoms with E-state index in [1.807, 2.05) is 48.5 Å². The standard InChI is InChI=1S/C24H16Cl3NO3S/c25-19-4-2-1-3-17(19)14-31-18-8-5-15(6-9-18)12-22-23(29)28(24(30)32-22)13-16-7-10-20(26)21(27)11-16/h1-12H,13-14H2/b22-12-. The molecule has 0 aliphatic carbocycles. The van der Waals surface area contributed by atoms with Gasteiger partial charge in [0.05, 0.1) is 21.5 Å². The predicted molar refractivity (Wildman–Crippen MR) is 130 cm³/mol. The summed E-state index contributed by atoms with van der Waals surface area (Å²) in [5.41, 5.74) is 2.41. The highest BCUT2D eigenvalue weighted by Gasteiger charge is 2.35. The number of hydrogen-bond donors (Lipinski definition) is 0. The highest BCUT2D eigenvalue weighted by atomic mass is 35.5. The van der Waals surface area contributed by atoms with Gasteiger partial charge in [0, 0.05) is 10.6 Å². The summed E-state index contributed by atoms with van der Waals surface area (Å²) in [6, 6.07) is 19.8. The number of benzene rings is 3. The predicted octanol–water partition coefficient (Wildman–Crippen LogP) is 7.46. The van der Waals surface area contributed by atoms with Crippen molar-refractivity contribution in [1.82, 2.24) is 4.90 Å². The fourth-order valence-electron chi connectivity index (χ4n) is 3.05. The number of thioether (sulfide) groups is 1. The van der Waals surface area contributed by atoms with Crippen molar-refractivity contribution in [3.8, 4) is 5.75 Å². The summed E-state index contributed by atoms with van der Waals surface area (Å²) < 4.78 is 5.78. The molecule has 0 aromatic heterocycles. The van der Waals surface area contributed by atoms with Crippen molar-refractivity contribution < 1.29 is 14.3 Å². The van der Waals surface area contributed by atoms with Gasteiger partial charge in [0.25, 0.3) is 11.1 Å². The van der Waals surface area contributed by atoms with Crippen LogP contribution in [0.1, 0.15) is 16.7 Å². The Labute approximate surface area is 204 Å². The number of rotatable bonds is 6. The van der Waals surface area contributed by atoms with Crippen LogP contribution >= 0.6 is 46.6 Å². The minimum absolute atomic E-state index is 0.133. The van der Waals surface area contributed by atoms with Crippen LogP contribution in [0.4, 0.5) is 4.79 Å². The zero-order chi connectivity index (χ0) is 22.7. The first-order valence-electron chi connectivity index (χ1n) is 9.56. The van der Waals surface area contributed by atoms with Crippen LogP contribution in [0.2, 0.25) is 15.1 Å². The summed E-state index contributed by atoms with van der Waals surface area (Å²) in [5.74, 6) is 0.333. The zero-order valence-electron chi connectivity index (χ0n) is 16.6. The van der Waals surface area contributed by atoms with Gasteiger partial charge in [-0.25, -0.2) is 0 Å². The Morgan fingerprint density at radius 1 is 0.875 bits per heavy atom. The van der Waals surface area contributed by atoms with Crippen molar-refractivity contribution in [1.29, 1.82) is 0 Å². The quantitative estimate of drug-likeness (QED) is 0.327. The number of carbonyl (C=O) groups is 2. The number of hydrogen-bond acceptors (Lipinski definition) is 4. The molecule has 4 rings (SSSR count). The maximum atomic E-state index is 12.8. The fourth-order valence-corrected chi connectivity index (χ4v) is 4.39. The molecule has 1 aliphatic heterocycles. The van der Waals surface area contributed by atoms with E-state index in [1.165, 1.54) is 4.90 Å². The summed E-state index contributed by atoms with van der Waals surface area (Å²) >= 11 is 19.0. The first-order valence-corrected chi connectivity index (χ1v) is 11.5. The molecule has 0 N–H and O–H groups in total. The molecule has 0 unspecified atom stereocenters. The van der Waals surface area contributed by atoms with E-state index in [9.17, 15) is 9.59 Å². The average molecular weight is 505 g/mol. The van der Waals surface area contributed by atoms with Gasteiger partial charge in [-0.15, -0.1) is 0 Å². The van der Waals surface area contributed by atoms with Gasteiger partial charge < -0.3 is 4.74 Å². The Morgan fingerprint density at radius 3 is 2.34 bits per heavy atom. The lowest BCUT2D eigenvalue weighted by Crippen LogP contribution is -2.27. The third kappa shape index (κ3) is 5.30. The molecule has 1 fully saturated rings. The molecule has 0 spiro atoms. The summed E-state index contributed by atoms with van der Waals surface area (Å²) in [6.45, 7) is 0.486. The van der Waals surface area contributed by atoms with E-state index >= 15 is 0 Å². The van der Waals surface area contributed by atoms with Crippen molar-refractivity contribution in [2.24, 2.45) is 0 Å². The highest BCUT2D eigenvalue weighted by molar-refractivity contribution is 8.18. The van der Waals surface area contributed by atoms with Crippen molar-refractivity contribution in [3.63, 3.8) is 0 Å². The van der Waals surface area contributed by atoms with Crippen LogP contribution in [0.25, 0.3) is 6.08 Å². The van der Waals surface area contributed by atoms with Crippen LogP contribution in [-0.2, 0) is 17.9 Å². The van der Waals surface area contributed by atoms with Gasteiger partial charge in [-0.05, 0) is 59.3 Å². The van der Waals surface area contributed by atoms with E-state index in [-0.39, 0.29) is 17.7 Å². The number of ether oxygens (including phenoxy) is 1. The first-order chi connectivity index (χ1) is 15.4. The van der Waals surface area contributed by atoms with Crippen molar-refractivity contribution in [3.05, 3.63) is 103 Å². The topological polar surface area (TPSA) is 46.6 Å². The molecule has 162 valence electrons.